The Hall–Kier alpha value is -1.94. The summed E-state index contributed by atoms with van der Waals surface area (Å²) < 4.78 is 13.6. The lowest BCUT2D eigenvalue weighted by atomic mass is 10.0. The third-order valence-electron chi connectivity index (χ3n) is 2.49. The second-order valence-corrected chi connectivity index (χ2v) is 4.15. The fourth-order valence-electron chi connectivity index (χ4n) is 1.63. The molecule has 1 aromatic carbocycles. The number of carbonyl (C=O) groups is 1. The number of pyridine rings is 1. The summed E-state index contributed by atoms with van der Waals surface area (Å²) >= 11 is 5.78. The number of halogens is 2. The normalized spacial score (nSPS) is 10.3. The standard InChI is InChI=1S/C13H9ClFNO2/c14-9-3-4-11(15)8(6-9)7-12-10(13(17)18)2-1-5-16-12/h1-6H,7H2,(H,17,18). The minimum absolute atomic E-state index is 0.0666. The first-order valence-corrected chi connectivity index (χ1v) is 5.57. The van der Waals surface area contributed by atoms with Crippen molar-refractivity contribution in [2.45, 2.75) is 6.42 Å². The third kappa shape index (κ3) is 2.65. The van der Waals surface area contributed by atoms with E-state index in [0.29, 0.717) is 16.3 Å². The number of aromatic carboxylic acids is 1. The van der Waals surface area contributed by atoms with Gasteiger partial charge in [-0.25, -0.2) is 9.18 Å². The van der Waals surface area contributed by atoms with Gasteiger partial charge in [0.1, 0.15) is 5.82 Å². The maximum Gasteiger partial charge on any atom is 0.337 e. The molecule has 2 aromatic rings. The number of aromatic nitrogens is 1. The van der Waals surface area contributed by atoms with E-state index in [1.165, 1.54) is 36.5 Å². The Balaban J connectivity index is 2.40. The topological polar surface area (TPSA) is 50.2 Å². The molecule has 18 heavy (non-hydrogen) atoms. The number of rotatable bonds is 3. The van der Waals surface area contributed by atoms with E-state index in [2.05, 4.69) is 4.98 Å². The molecule has 1 N–H and O–H groups in total. The van der Waals surface area contributed by atoms with Crippen molar-refractivity contribution in [3.63, 3.8) is 0 Å². The van der Waals surface area contributed by atoms with Crippen LogP contribution in [-0.4, -0.2) is 16.1 Å². The number of nitrogens with zero attached hydrogens (tertiary/aromatic N) is 1. The summed E-state index contributed by atoms with van der Waals surface area (Å²) in [7, 11) is 0. The Morgan fingerprint density at radius 3 is 2.89 bits per heavy atom. The summed E-state index contributed by atoms with van der Waals surface area (Å²) in [6.07, 6.45) is 1.57. The molecule has 0 unspecified atom stereocenters. The van der Waals surface area contributed by atoms with Crippen LogP contribution >= 0.6 is 11.6 Å². The molecule has 0 radical (unpaired) electrons. The molecule has 0 aliphatic carbocycles. The first-order chi connectivity index (χ1) is 8.58. The number of benzene rings is 1. The van der Waals surface area contributed by atoms with E-state index in [-0.39, 0.29) is 12.0 Å². The van der Waals surface area contributed by atoms with Gasteiger partial charge in [-0.3, -0.25) is 4.98 Å². The molecule has 0 spiro atoms. The van der Waals surface area contributed by atoms with Crippen LogP contribution in [0.4, 0.5) is 4.39 Å². The van der Waals surface area contributed by atoms with E-state index in [1.807, 2.05) is 0 Å². The molecule has 3 nitrogen and oxygen atoms in total. The fraction of sp³-hybridized carbons (Fsp3) is 0.0769. The van der Waals surface area contributed by atoms with Crippen molar-refractivity contribution in [1.29, 1.82) is 0 Å². The van der Waals surface area contributed by atoms with Crippen LogP contribution in [0.1, 0.15) is 21.6 Å². The van der Waals surface area contributed by atoms with Crippen LogP contribution in [0.15, 0.2) is 36.5 Å². The van der Waals surface area contributed by atoms with Gasteiger partial charge in [0.05, 0.1) is 11.3 Å². The minimum Gasteiger partial charge on any atom is -0.478 e. The van der Waals surface area contributed by atoms with Crippen LogP contribution in [0, 0.1) is 5.82 Å². The van der Waals surface area contributed by atoms with Gasteiger partial charge < -0.3 is 5.11 Å². The molecule has 1 heterocycles. The largest absolute Gasteiger partial charge is 0.478 e. The van der Waals surface area contributed by atoms with Crippen molar-refractivity contribution in [1.82, 2.24) is 4.98 Å². The predicted octanol–water partition coefficient (Wildman–Crippen LogP) is 3.16. The zero-order chi connectivity index (χ0) is 13.1. The summed E-state index contributed by atoms with van der Waals surface area (Å²) in [5, 5.41) is 9.41. The molecular weight excluding hydrogens is 257 g/mol. The quantitative estimate of drug-likeness (QED) is 0.927. The highest BCUT2D eigenvalue weighted by Crippen LogP contribution is 2.19. The molecule has 1 aromatic heterocycles. The molecule has 92 valence electrons. The molecule has 2 rings (SSSR count). The SMILES string of the molecule is O=C(O)c1cccnc1Cc1cc(Cl)ccc1F. The Labute approximate surface area is 108 Å². The van der Waals surface area contributed by atoms with Gasteiger partial charge in [-0.15, -0.1) is 0 Å². The van der Waals surface area contributed by atoms with Gasteiger partial charge in [0.2, 0.25) is 0 Å². The zero-order valence-electron chi connectivity index (χ0n) is 9.23. The van der Waals surface area contributed by atoms with Gasteiger partial charge in [-0.1, -0.05) is 11.6 Å². The Morgan fingerprint density at radius 2 is 2.17 bits per heavy atom. The van der Waals surface area contributed by atoms with Crippen molar-refractivity contribution in [2.24, 2.45) is 0 Å². The van der Waals surface area contributed by atoms with Crippen LogP contribution in [0.2, 0.25) is 5.02 Å². The molecule has 0 bridgehead atoms. The van der Waals surface area contributed by atoms with Gasteiger partial charge >= 0.3 is 5.97 Å². The number of hydrogen-bond donors (Lipinski definition) is 1. The van der Waals surface area contributed by atoms with Crippen LogP contribution < -0.4 is 0 Å². The first kappa shape index (κ1) is 12.5. The Morgan fingerprint density at radius 1 is 1.39 bits per heavy atom. The van der Waals surface area contributed by atoms with Crippen LogP contribution in [0.25, 0.3) is 0 Å². The number of hydrogen-bond acceptors (Lipinski definition) is 2. The molecule has 0 atom stereocenters. The molecule has 0 amide bonds. The number of carboxylic acid groups (broad SMARTS) is 1. The zero-order valence-corrected chi connectivity index (χ0v) is 9.99. The van der Waals surface area contributed by atoms with Crippen molar-refractivity contribution in [2.75, 3.05) is 0 Å². The van der Waals surface area contributed by atoms with Crippen LogP contribution in [-0.2, 0) is 6.42 Å². The monoisotopic (exact) mass is 265 g/mol. The van der Waals surface area contributed by atoms with Gasteiger partial charge in [-0.2, -0.15) is 0 Å². The Bertz CT molecular complexity index is 601. The highest BCUT2D eigenvalue weighted by atomic mass is 35.5. The molecule has 0 fully saturated rings. The lowest BCUT2D eigenvalue weighted by Gasteiger charge is -2.06. The third-order valence-corrected chi connectivity index (χ3v) is 2.72. The first-order valence-electron chi connectivity index (χ1n) is 5.19. The highest BCUT2D eigenvalue weighted by Gasteiger charge is 2.13. The minimum atomic E-state index is -1.08. The molecule has 0 aliphatic rings. The van der Waals surface area contributed by atoms with E-state index in [9.17, 15) is 9.18 Å². The van der Waals surface area contributed by atoms with E-state index < -0.39 is 11.8 Å². The van der Waals surface area contributed by atoms with Crippen molar-refractivity contribution < 1.29 is 14.3 Å². The lowest BCUT2D eigenvalue weighted by Crippen LogP contribution is -2.06. The average Bonchev–Trinajstić information content (AvgIpc) is 2.34. The summed E-state index contributed by atoms with van der Waals surface area (Å²) in [6, 6.07) is 7.13. The van der Waals surface area contributed by atoms with E-state index in [1.54, 1.807) is 0 Å². The lowest BCUT2D eigenvalue weighted by molar-refractivity contribution is 0.0695. The molecule has 0 saturated carbocycles. The maximum absolute atomic E-state index is 13.6. The van der Waals surface area contributed by atoms with Gasteiger partial charge in [0.25, 0.3) is 0 Å². The summed E-state index contributed by atoms with van der Waals surface area (Å²) in [5.41, 5.74) is 0.701. The average molecular weight is 266 g/mol. The highest BCUT2D eigenvalue weighted by molar-refractivity contribution is 6.30. The number of carboxylic acids is 1. The Kier molecular flexibility index (Phi) is 3.58. The molecule has 0 saturated heterocycles. The second-order valence-electron chi connectivity index (χ2n) is 3.72. The predicted molar refractivity (Wildman–Crippen MR) is 65.4 cm³/mol. The summed E-state index contributed by atoms with van der Waals surface area (Å²) in [6.45, 7) is 0. The van der Waals surface area contributed by atoms with Crippen molar-refractivity contribution in [3.8, 4) is 0 Å². The van der Waals surface area contributed by atoms with E-state index >= 15 is 0 Å². The van der Waals surface area contributed by atoms with E-state index in [4.69, 9.17) is 16.7 Å². The van der Waals surface area contributed by atoms with Gasteiger partial charge in [0.15, 0.2) is 0 Å². The molecule has 0 aliphatic heterocycles. The van der Waals surface area contributed by atoms with Crippen LogP contribution in [0.5, 0.6) is 0 Å². The van der Waals surface area contributed by atoms with Gasteiger partial charge in [0, 0.05) is 17.6 Å². The second kappa shape index (κ2) is 5.14. The van der Waals surface area contributed by atoms with Gasteiger partial charge in [-0.05, 0) is 35.9 Å². The summed E-state index contributed by atoms with van der Waals surface area (Å²) in [4.78, 5) is 15.0. The molecule has 5 heteroatoms. The van der Waals surface area contributed by atoms with Crippen molar-refractivity contribution in [3.05, 3.63) is 64.2 Å². The summed E-state index contributed by atoms with van der Waals surface area (Å²) in [5.74, 6) is -1.51. The van der Waals surface area contributed by atoms with E-state index in [0.717, 1.165) is 0 Å². The molecular formula is C13H9ClFNO2. The van der Waals surface area contributed by atoms with Crippen molar-refractivity contribution >= 4 is 17.6 Å². The van der Waals surface area contributed by atoms with Crippen LogP contribution in [0.3, 0.4) is 0 Å². The fourth-order valence-corrected chi connectivity index (χ4v) is 1.83. The maximum atomic E-state index is 13.6. The smallest absolute Gasteiger partial charge is 0.337 e.